The van der Waals surface area contributed by atoms with E-state index >= 15 is 0 Å². The predicted molar refractivity (Wildman–Crippen MR) is 71.1 cm³/mol. The van der Waals surface area contributed by atoms with Crippen LogP contribution in [0.3, 0.4) is 0 Å². The minimum atomic E-state index is 0.912. The molecule has 0 aliphatic rings. The van der Waals surface area contributed by atoms with E-state index in [4.69, 9.17) is 0 Å². The molecule has 0 radical (unpaired) electrons. The second-order valence-corrected chi connectivity index (χ2v) is 5.00. The van der Waals surface area contributed by atoms with Gasteiger partial charge in [0.2, 0.25) is 0 Å². The minimum Gasteiger partial charge on any atom is -0.0853 e. The van der Waals surface area contributed by atoms with Gasteiger partial charge in [0.25, 0.3) is 0 Å². The Hall–Kier alpha value is -0.260. The molecule has 0 aliphatic heterocycles. The Morgan fingerprint density at radius 2 is 1.73 bits per heavy atom. The van der Waals surface area contributed by atoms with E-state index in [1.807, 2.05) is 0 Å². The summed E-state index contributed by atoms with van der Waals surface area (Å²) >= 11 is 0. The molecule has 0 rings (SSSR count). The van der Waals surface area contributed by atoms with Crippen molar-refractivity contribution in [3.63, 3.8) is 0 Å². The molecule has 0 fully saturated rings. The first-order valence-corrected chi connectivity index (χ1v) is 6.79. The van der Waals surface area contributed by atoms with Crippen LogP contribution in [0.1, 0.15) is 73.1 Å². The molecule has 0 heteroatoms. The van der Waals surface area contributed by atoms with Gasteiger partial charge in [-0.15, -0.1) is 0 Å². The zero-order valence-corrected chi connectivity index (χ0v) is 11.5. The molecule has 15 heavy (non-hydrogen) atoms. The Kier molecular flexibility index (Phi) is 8.85. The third kappa shape index (κ3) is 7.64. The van der Waals surface area contributed by atoms with Gasteiger partial charge in [0, 0.05) is 0 Å². The van der Waals surface area contributed by atoms with Gasteiger partial charge >= 0.3 is 0 Å². The Morgan fingerprint density at radius 1 is 1.07 bits per heavy atom. The van der Waals surface area contributed by atoms with Gasteiger partial charge in [-0.2, -0.15) is 0 Å². The van der Waals surface area contributed by atoms with Crippen molar-refractivity contribution in [2.75, 3.05) is 0 Å². The van der Waals surface area contributed by atoms with Crippen LogP contribution in [-0.4, -0.2) is 0 Å². The van der Waals surface area contributed by atoms with E-state index in [1.165, 1.54) is 38.5 Å². The van der Waals surface area contributed by atoms with Crippen LogP contribution in [0.15, 0.2) is 11.6 Å². The normalized spacial score (nSPS) is 16.5. The summed E-state index contributed by atoms with van der Waals surface area (Å²) in [5.74, 6) is 1.83. The molecule has 90 valence electrons. The van der Waals surface area contributed by atoms with Gasteiger partial charge < -0.3 is 0 Å². The second-order valence-electron chi connectivity index (χ2n) is 5.00. The summed E-state index contributed by atoms with van der Waals surface area (Å²) in [6.07, 6.45) is 10.5. The lowest BCUT2D eigenvalue weighted by atomic mass is 9.91. The standard InChI is InChI=1S/C15H30/c1-6-13(4)9-11-15(8-3)12-10-14(5)7-2/h9,14-15H,6-8,10-12H2,1-5H3. The molecule has 0 heterocycles. The quantitative estimate of drug-likeness (QED) is 0.458. The molecule has 0 aliphatic carbocycles. The lowest BCUT2D eigenvalue weighted by molar-refractivity contribution is 0.395. The van der Waals surface area contributed by atoms with Gasteiger partial charge in [-0.25, -0.2) is 0 Å². The van der Waals surface area contributed by atoms with Gasteiger partial charge in [0.05, 0.1) is 0 Å². The van der Waals surface area contributed by atoms with Gasteiger partial charge in [0.1, 0.15) is 0 Å². The summed E-state index contributed by atoms with van der Waals surface area (Å²) in [7, 11) is 0. The Morgan fingerprint density at radius 3 is 2.20 bits per heavy atom. The number of hydrogen-bond acceptors (Lipinski definition) is 0. The van der Waals surface area contributed by atoms with Crippen molar-refractivity contribution in [1.29, 1.82) is 0 Å². The van der Waals surface area contributed by atoms with Crippen LogP contribution in [0.4, 0.5) is 0 Å². The van der Waals surface area contributed by atoms with Crippen molar-refractivity contribution in [2.24, 2.45) is 11.8 Å². The molecule has 0 saturated heterocycles. The molecule has 0 aromatic carbocycles. The van der Waals surface area contributed by atoms with Crippen LogP contribution in [-0.2, 0) is 0 Å². The molecule has 0 spiro atoms. The van der Waals surface area contributed by atoms with E-state index < -0.39 is 0 Å². The first kappa shape index (κ1) is 14.7. The monoisotopic (exact) mass is 210 g/mol. The third-order valence-corrected chi connectivity index (χ3v) is 3.70. The highest BCUT2D eigenvalue weighted by Gasteiger charge is 2.07. The molecule has 0 aromatic heterocycles. The maximum absolute atomic E-state index is 2.45. The summed E-state index contributed by atoms with van der Waals surface area (Å²) in [4.78, 5) is 0. The van der Waals surface area contributed by atoms with E-state index in [0.29, 0.717) is 0 Å². The highest BCUT2D eigenvalue weighted by molar-refractivity contribution is 4.97. The fourth-order valence-electron chi connectivity index (χ4n) is 1.73. The average Bonchev–Trinajstić information content (AvgIpc) is 2.28. The maximum Gasteiger partial charge on any atom is -0.0320 e. The smallest absolute Gasteiger partial charge is 0.0320 e. The minimum absolute atomic E-state index is 0.912. The molecule has 0 bridgehead atoms. The SMILES string of the molecule is CCC(C)=CCC(CC)CCC(C)CC. The van der Waals surface area contributed by atoms with E-state index in [0.717, 1.165) is 11.8 Å². The molecular weight excluding hydrogens is 180 g/mol. The molecule has 0 N–H and O–H groups in total. The molecule has 0 amide bonds. The third-order valence-electron chi connectivity index (χ3n) is 3.70. The lowest BCUT2D eigenvalue weighted by Gasteiger charge is -2.15. The fraction of sp³-hybridized carbons (Fsp3) is 0.867. The van der Waals surface area contributed by atoms with E-state index in [1.54, 1.807) is 5.57 Å². The van der Waals surface area contributed by atoms with Gasteiger partial charge in [0.15, 0.2) is 0 Å². The summed E-state index contributed by atoms with van der Waals surface area (Å²) in [6.45, 7) is 11.5. The second kappa shape index (κ2) is 9.00. The predicted octanol–water partition coefficient (Wildman–Crippen LogP) is 5.59. The van der Waals surface area contributed by atoms with E-state index in [9.17, 15) is 0 Å². The first-order chi connectivity index (χ1) is 7.13. The summed E-state index contributed by atoms with van der Waals surface area (Å²) in [6, 6.07) is 0. The highest BCUT2D eigenvalue weighted by atomic mass is 14.1. The zero-order valence-electron chi connectivity index (χ0n) is 11.5. The molecule has 0 aromatic rings. The van der Waals surface area contributed by atoms with Gasteiger partial charge in [-0.3, -0.25) is 0 Å². The van der Waals surface area contributed by atoms with Crippen LogP contribution in [0.25, 0.3) is 0 Å². The number of allylic oxidation sites excluding steroid dienone is 2. The molecular formula is C15H30. The molecule has 2 unspecified atom stereocenters. The van der Waals surface area contributed by atoms with Crippen LogP contribution in [0.2, 0.25) is 0 Å². The zero-order chi connectivity index (χ0) is 11.7. The maximum atomic E-state index is 2.45. The fourth-order valence-corrected chi connectivity index (χ4v) is 1.73. The topological polar surface area (TPSA) is 0 Å². The van der Waals surface area contributed by atoms with Crippen molar-refractivity contribution < 1.29 is 0 Å². The Labute approximate surface area is 97.2 Å². The van der Waals surface area contributed by atoms with Crippen molar-refractivity contribution in [1.82, 2.24) is 0 Å². The van der Waals surface area contributed by atoms with E-state index in [-0.39, 0.29) is 0 Å². The van der Waals surface area contributed by atoms with Crippen molar-refractivity contribution >= 4 is 0 Å². The van der Waals surface area contributed by atoms with Crippen LogP contribution < -0.4 is 0 Å². The largest absolute Gasteiger partial charge is 0.0853 e. The van der Waals surface area contributed by atoms with E-state index in [2.05, 4.69) is 40.7 Å². The van der Waals surface area contributed by atoms with Crippen LogP contribution in [0, 0.1) is 11.8 Å². The number of hydrogen-bond donors (Lipinski definition) is 0. The molecule has 2 atom stereocenters. The van der Waals surface area contributed by atoms with Crippen molar-refractivity contribution in [3.8, 4) is 0 Å². The van der Waals surface area contributed by atoms with Crippen molar-refractivity contribution in [3.05, 3.63) is 11.6 Å². The number of rotatable bonds is 8. The summed E-state index contributed by atoms with van der Waals surface area (Å²) < 4.78 is 0. The average molecular weight is 210 g/mol. The lowest BCUT2D eigenvalue weighted by Crippen LogP contribution is -2.01. The van der Waals surface area contributed by atoms with Crippen LogP contribution >= 0.6 is 0 Å². The summed E-state index contributed by atoms with van der Waals surface area (Å²) in [5.41, 5.74) is 1.55. The van der Waals surface area contributed by atoms with Gasteiger partial charge in [-0.1, -0.05) is 58.6 Å². The first-order valence-electron chi connectivity index (χ1n) is 6.79. The highest BCUT2D eigenvalue weighted by Crippen LogP contribution is 2.21. The molecule has 0 saturated carbocycles. The van der Waals surface area contributed by atoms with Crippen molar-refractivity contribution in [2.45, 2.75) is 73.1 Å². The Bertz CT molecular complexity index is 167. The van der Waals surface area contributed by atoms with Gasteiger partial charge in [-0.05, 0) is 38.0 Å². The molecule has 0 nitrogen and oxygen atoms in total. The summed E-state index contributed by atoms with van der Waals surface area (Å²) in [5, 5.41) is 0. The van der Waals surface area contributed by atoms with Crippen LogP contribution in [0.5, 0.6) is 0 Å². The Balaban J connectivity index is 3.82.